The van der Waals surface area contributed by atoms with E-state index in [-0.39, 0.29) is 5.91 Å². The second-order valence-corrected chi connectivity index (χ2v) is 5.41. The molecule has 110 valence electrons. The lowest BCUT2D eigenvalue weighted by atomic mass is 10.0. The first-order valence-electron chi connectivity index (χ1n) is 7.48. The highest BCUT2D eigenvalue weighted by Crippen LogP contribution is 2.30. The molecule has 0 bridgehead atoms. The van der Waals surface area contributed by atoms with Gasteiger partial charge in [0.15, 0.2) is 0 Å². The minimum atomic E-state index is -1.17. The molecule has 0 radical (unpaired) electrons. The molecule has 0 aromatic heterocycles. The third kappa shape index (κ3) is 3.12. The van der Waals surface area contributed by atoms with Crippen LogP contribution in [0.2, 0.25) is 0 Å². The molecule has 0 spiro atoms. The van der Waals surface area contributed by atoms with Crippen LogP contribution in [0.3, 0.4) is 0 Å². The third-order valence-electron chi connectivity index (χ3n) is 4.11. The maximum absolute atomic E-state index is 12.1. The van der Waals surface area contributed by atoms with Gasteiger partial charge in [0.2, 0.25) is 0 Å². The van der Waals surface area contributed by atoms with Gasteiger partial charge in [-0.2, -0.15) is 0 Å². The molecule has 1 amide bonds. The molecule has 2 rings (SSSR count). The molecular weight excluding hydrogens is 252 g/mol. The summed E-state index contributed by atoms with van der Waals surface area (Å²) in [4.78, 5) is 14.3. The van der Waals surface area contributed by atoms with Crippen LogP contribution in [0.15, 0.2) is 24.3 Å². The summed E-state index contributed by atoms with van der Waals surface area (Å²) in [6.45, 7) is 6.16. The van der Waals surface area contributed by atoms with Gasteiger partial charge in [-0.25, -0.2) is 0 Å². The lowest BCUT2D eigenvalue weighted by molar-refractivity contribution is -0.133. The van der Waals surface area contributed by atoms with E-state index in [1.54, 1.807) is 0 Å². The number of nitrogens with one attached hydrogen (secondary N) is 1. The lowest BCUT2D eigenvalue weighted by Crippen LogP contribution is -2.40. The van der Waals surface area contributed by atoms with Crippen LogP contribution < -0.4 is 10.2 Å². The molecule has 2 N–H and O–H groups in total. The zero-order valence-electron chi connectivity index (χ0n) is 12.4. The van der Waals surface area contributed by atoms with Crippen LogP contribution in [0.4, 0.5) is 11.4 Å². The largest absolute Gasteiger partial charge is 0.380 e. The number of hydrogen-bond acceptors (Lipinski definition) is 3. The normalized spacial score (nSPS) is 16.9. The molecule has 1 aromatic carbocycles. The SMILES string of the molecule is CCN(CC)c1ccc(NC(=O)C2(O)CCCC2)cc1. The molecule has 1 aliphatic carbocycles. The molecular formula is C16H24N2O2. The van der Waals surface area contributed by atoms with E-state index in [0.29, 0.717) is 12.8 Å². The smallest absolute Gasteiger partial charge is 0.256 e. The number of carbonyl (C=O) groups excluding carboxylic acids is 1. The standard InChI is InChI=1S/C16H24N2O2/c1-3-18(4-2)14-9-7-13(8-10-14)17-15(19)16(20)11-5-6-12-16/h7-10,20H,3-6,11-12H2,1-2H3,(H,17,19). The highest BCUT2D eigenvalue weighted by atomic mass is 16.3. The summed E-state index contributed by atoms with van der Waals surface area (Å²) in [5.74, 6) is -0.273. The minimum Gasteiger partial charge on any atom is -0.380 e. The summed E-state index contributed by atoms with van der Waals surface area (Å²) in [5, 5.41) is 13.0. The Morgan fingerprint density at radius 1 is 1.20 bits per heavy atom. The van der Waals surface area contributed by atoms with Crippen molar-refractivity contribution in [3.63, 3.8) is 0 Å². The van der Waals surface area contributed by atoms with E-state index in [4.69, 9.17) is 0 Å². The Labute approximate surface area is 120 Å². The fraction of sp³-hybridized carbons (Fsp3) is 0.562. The summed E-state index contributed by atoms with van der Waals surface area (Å²) < 4.78 is 0. The molecule has 1 aliphatic rings. The van der Waals surface area contributed by atoms with Crippen molar-refractivity contribution in [3.8, 4) is 0 Å². The topological polar surface area (TPSA) is 52.6 Å². The average molecular weight is 276 g/mol. The van der Waals surface area contributed by atoms with Crippen LogP contribution in [0.5, 0.6) is 0 Å². The van der Waals surface area contributed by atoms with Crippen molar-refractivity contribution in [2.75, 3.05) is 23.3 Å². The Balaban J connectivity index is 2.02. The van der Waals surface area contributed by atoms with Crippen LogP contribution in [0, 0.1) is 0 Å². The highest BCUT2D eigenvalue weighted by Gasteiger charge is 2.38. The average Bonchev–Trinajstić information content (AvgIpc) is 2.90. The van der Waals surface area contributed by atoms with E-state index in [1.165, 1.54) is 0 Å². The molecule has 0 aliphatic heterocycles. The van der Waals surface area contributed by atoms with Gasteiger partial charge in [-0.1, -0.05) is 0 Å². The van der Waals surface area contributed by atoms with Crippen molar-refractivity contribution in [3.05, 3.63) is 24.3 Å². The molecule has 0 saturated heterocycles. The second kappa shape index (κ2) is 6.27. The fourth-order valence-corrected chi connectivity index (χ4v) is 2.78. The fourth-order valence-electron chi connectivity index (χ4n) is 2.78. The monoisotopic (exact) mass is 276 g/mol. The van der Waals surface area contributed by atoms with Gasteiger partial charge in [-0.05, 0) is 63.8 Å². The summed E-state index contributed by atoms with van der Waals surface area (Å²) in [5.41, 5.74) is 0.719. The maximum Gasteiger partial charge on any atom is 0.256 e. The van der Waals surface area contributed by atoms with Crippen LogP contribution >= 0.6 is 0 Å². The molecule has 1 fully saturated rings. The van der Waals surface area contributed by atoms with Gasteiger partial charge < -0.3 is 15.3 Å². The molecule has 4 nitrogen and oxygen atoms in total. The molecule has 0 atom stereocenters. The molecule has 4 heteroatoms. The van der Waals surface area contributed by atoms with E-state index in [0.717, 1.165) is 37.3 Å². The Bertz CT molecular complexity index is 446. The van der Waals surface area contributed by atoms with Crippen molar-refractivity contribution in [2.45, 2.75) is 45.1 Å². The third-order valence-corrected chi connectivity index (χ3v) is 4.11. The quantitative estimate of drug-likeness (QED) is 0.869. The van der Waals surface area contributed by atoms with E-state index in [9.17, 15) is 9.90 Å². The number of hydrogen-bond donors (Lipinski definition) is 2. The van der Waals surface area contributed by atoms with Crippen molar-refractivity contribution < 1.29 is 9.90 Å². The van der Waals surface area contributed by atoms with E-state index in [2.05, 4.69) is 24.1 Å². The lowest BCUT2D eigenvalue weighted by Gasteiger charge is -2.23. The van der Waals surface area contributed by atoms with E-state index in [1.807, 2.05) is 24.3 Å². The number of benzene rings is 1. The van der Waals surface area contributed by atoms with E-state index < -0.39 is 5.60 Å². The Hall–Kier alpha value is -1.55. The number of rotatable bonds is 5. The van der Waals surface area contributed by atoms with Gasteiger partial charge in [0.05, 0.1) is 0 Å². The number of aliphatic hydroxyl groups is 1. The number of anilines is 2. The zero-order chi connectivity index (χ0) is 14.6. The summed E-state index contributed by atoms with van der Waals surface area (Å²) in [6.07, 6.45) is 2.97. The Morgan fingerprint density at radius 3 is 2.25 bits per heavy atom. The highest BCUT2D eigenvalue weighted by molar-refractivity contribution is 5.97. The van der Waals surface area contributed by atoms with Crippen molar-refractivity contribution in [1.82, 2.24) is 0 Å². The minimum absolute atomic E-state index is 0.273. The van der Waals surface area contributed by atoms with Crippen LogP contribution in [0.1, 0.15) is 39.5 Å². The first kappa shape index (κ1) is 14.9. The summed E-state index contributed by atoms with van der Waals surface area (Å²) >= 11 is 0. The second-order valence-electron chi connectivity index (χ2n) is 5.41. The van der Waals surface area contributed by atoms with Gasteiger partial charge in [0.1, 0.15) is 5.60 Å². The van der Waals surface area contributed by atoms with Gasteiger partial charge in [-0.15, -0.1) is 0 Å². The predicted octanol–water partition coefficient (Wildman–Crippen LogP) is 2.78. The number of nitrogens with zero attached hydrogens (tertiary/aromatic N) is 1. The van der Waals surface area contributed by atoms with Crippen molar-refractivity contribution in [1.29, 1.82) is 0 Å². The van der Waals surface area contributed by atoms with Crippen LogP contribution in [0.25, 0.3) is 0 Å². The van der Waals surface area contributed by atoms with Gasteiger partial charge >= 0.3 is 0 Å². The van der Waals surface area contributed by atoms with Gasteiger partial charge in [-0.3, -0.25) is 4.79 Å². The van der Waals surface area contributed by atoms with Gasteiger partial charge in [0.25, 0.3) is 5.91 Å². The first-order chi connectivity index (χ1) is 9.59. The number of carbonyl (C=O) groups is 1. The van der Waals surface area contributed by atoms with Crippen molar-refractivity contribution in [2.24, 2.45) is 0 Å². The van der Waals surface area contributed by atoms with Crippen molar-refractivity contribution >= 4 is 17.3 Å². The molecule has 1 aromatic rings. The predicted molar refractivity (Wildman–Crippen MR) is 82.1 cm³/mol. The maximum atomic E-state index is 12.1. The summed E-state index contributed by atoms with van der Waals surface area (Å²) in [6, 6.07) is 7.79. The first-order valence-corrected chi connectivity index (χ1v) is 7.48. The Kier molecular flexibility index (Phi) is 4.65. The summed E-state index contributed by atoms with van der Waals surface area (Å²) in [7, 11) is 0. The molecule has 1 saturated carbocycles. The zero-order valence-corrected chi connectivity index (χ0v) is 12.4. The molecule has 0 unspecified atom stereocenters. The molecule has 20 heavy (non-hydrogen) atoms. The van der Waals surface area contributed by atoms with Crippen LogP contribution in [-0.2, 0) is 4.79 Å². The number of amides is 1. The molecule has 0 heterocycles. The van der Waals surface area contributed by atoms with E-state index >= 15 is 0 Å². The van der Waals surface area contributed by atoms with Crippen LogP contribution in [-0.4, -0.2) is 29.7 Å². The Morgan fingerprint density at radius 2 is 1.75 bits per heavy atom. The van der Waals surface area contributed by atoms with Gasteiger partial charge in [0, 0.05) is 24.5 Å².